The third kappa shape index (κ3) is 3.84. The summed E-state index contributed by atoms with van der Waals surface area (Å²) in [5.41, 5.74) is -1.20. The third-order valence-electron chi connectivity index (χ3n) is 3.25. The Hall–Kier alpha value is -1.83. The molecule has 0 aliphatic carbocycles. The van der Waals surface area contributed by atoms with E-state index in [0.29, 0.717) is 6.07 Å². The van der Waals surface area contributed by atoms with Gasteiger partial charge in [-0.2, -0.15) is 11.8 Å². The Bertz CT molecular complexity index is 553. The Balaban J connectivity index is 3.34. The van der Waals surface area contributed by atoms with Crippen molar-refractivity contribution in [2.24, 2.45) is 0 Å². The van der Waals surface area contributed by atoms with Gasteiger partial charge in [-0.05, 0) is 18.7 Å². The molecule has 6 nitrogen and oxygen atoms in total. The van der Waals surface area contributed by atoms with Crippen molar-refractivity contribution in [3.63, 3.8) is 0 Å². The van der Waals surface area contributed by atoms with Gasteiger partial charge < -0.3 is 10.0 Å². The van der Waals surface area contributed by atoms with E-state index in [1.807, 2.05) is 13.2 Å². The second-order valence-corrected chi connectivity index (χ2v) is 5.42. The van der Waals surface area contributed by atoms with Crippen molar-refractivity contribution in [3.05, 3.63) is 33.6 Å². The van der Waals surface area contributed by atoms with E-state index < -0.39 is 28.0 Å². The quantitative estimate of drug-likeness (QED) is 0.615. The average Bonchev–Trinajstić information content (AvgIpc) is 2.43. The lowest BCUT2D eigenvalue weighted by Gasteiger charge is -2.29. The van der Waals surface area contributed by atoms with Crippen molar-refractivity contribution in [1.82, 2.24) is 0 Å². The van der Waals surface area contributed by atoms with Crippen LogP contribution in [0.4, 0.5) is 15.8 Å². The molecule has 0 aliphatic rings. The van der Waals surface area contributed by atoms with Crippen LogP contribution in [0.3, 0.4) is 0 Å². The molecule has 0 aromatic heterocycles. The van der Waals surface area contributed by atoms with Crippen molar-refractivity contribution in [1.29, 1.82) is 0 Å². The van der Waals surface area contributed by atoms with E-state index in [4.69, 9.17) is 5.11 Å². The summed E-state index contributed by atoms with van der Waals surface area (Å²) in [4.78, 5) is 22.7. The van der Waals surface area contributed by atoms with Crippen molar-refractivity contribution >= 4 is 29.1 Å². The van der Waals surface area contributed by atoms with E-state index in [9.17, 15) is 19.3 Å². The van der Waals surface area contributed by atoms with E-state index in [0.717, 1.165) is 18.2 Å². The van der Waals surface area contributed by atoms with Crippen LogP contribution in [0.5, 0.6) is 0 Å². The second kappa shape index (κ2) is 7.26. The summed E-state index contributed by atoms with van der Waals surface area (Å²) in [6.45, 7) is 1.94. The molecule has 0 amide bonds. The van der Waals surface area contributed by atoms with Gasteiger partial charge in [-0.25, -0.2) is 9.18 Å². The fourth-order valence-electron chi connectivity index (χ4n) is 2.04. The lowest BCUT2D eigenvalue weighted by molar-refractivity contribution is -0.385. The Labute approximate surface area is 126 Å². The zero-order chi connectivity index (χ0) is 16.2. The standard InChI is InChI=1S/C13H17FN2O4S/c1-4-8(7-21-3)15(2)12-5-9(13(17)18)11(16(19)20)6-10(12)14/h5-6,8H,4,7H2,1-3H3,(H,17,18). The number of hydrogen-bond donors (Lipinski definition) is 1. The van der Waals surface area contributed by atoms with E-state index in [1.54, 1.807) is 23.7 Å². The number of aromatic carboxylic acids is 1. The number of benzene rings is 1. The third-order valence-corrected chi connectivity index (χ3v) is 3.97. The molecule has 8 heteroatoms. The molecule has 1 aromatic rings. The van der Waals surface area contributed by atoms with Gasteiger partial charge in [0.1, 0.15) is 5.56 Å². The molecule has 21 heavy (non-hydrogen) atoms. The molecule has 116 valence electrons. The van der Waals surface area contributed by atoms with E-state index in [2.05, 4.69) is 0 Å². The van der Waals surface area contributed by atoms with Gasteiger partial charge in [0.05, 0.1) is 16.7 Å². The monoisotopic (exact) mass is 316 g/mol. The van der Waals surface area contributed by atoms with Crippen LogP contribution in [-0.4, -0.2) is 41.1 Å². The number of carbonyl (C=O) groups is 1. The smallest absolute Gasteiger partial charge is 0.342 e. The summed E-state index contributed by atoms with van der Waals surface area (Å²) in [5, 5.41) is 19.9. The normalized spacial score (nSPS) is 12.0. The fraction of sp³-hybridized carbons (Fsp3) is 0.462. The number of nitrogens with zero attached hydrogens (tertiary/aromatic N) is 2. The van der Waals surface area contributed by atoms with Gasteiger partial charge in [0.25, 0.3) is 5.69 Å². The van der Waals surface area contributed by atoms with Gasteiger partial charge in [-0.1, -0.05) is 6.92 Å². The fourth-order valence-corrected chi connectivity index (χ4v) is 2.88. The first kappa shape index (κ1) is 17.2. The number of nitro benzene ring substituents is 1. The molecule has 0 bridgehead atoms. The molecule has 0 aliphatic heterocycles. The summed E-state index contributed by atoms with van der Waals surface area (Å²) in [7, 11) is 1.65. The maximum absolute atomic E-state index is 14.1. The van der Waals surface area contributed by atoms with Crippen molar-refractivity contribution in [2.75, 3.05) is 24.0 Å². The summed E-state index contributed by atoms with van der Waals surface area (Å²) in [6.07, 6.45) is 2.67. The van der Waals surface area contributed by atoms with Gasteiger partial charge in [0.2, 0.25) is 0 Å². The molecule has 1 aromatic carbocycles. The highest BCUT2D eigenvalue weighted by atomic mass is 32.2. The SMILES string of the molecule is CCC(CSC)N(C)c1cc(C(=O)O)c([N+](=O)[O-])cc1F. The predicted molar refractivity (Wildman–Crippen MR) is 80.9 cm³/mol. The van der Waals surface area contributed by atoms with E-state index in [-0.39, 0.29) is 11.7 Å². The van der Waals surface area contributed by atoms with Gasteiger partial charge in [-0.3, -0.25) is 10.1 Å². The number of nitro groups is 1. The largest absolute Gasteiger partial charge is 0.477 e. The first-order chi connectivity index (χ1) is 9.83. The van der Waals surface area contributed by atoms with Gasteiger partial charge in [-0.15, -0.1) is 0 Å². The van der Waals surface area contributed by atoms with Crippen LogP contribution in [0.15, 0.2) is 12.1 Å². The Morgan fingerprint density at radius 2 is 2.19 bits per heavy atom. The number of anilines is 1. The first-order valence-electron chi connectivity index (χ1n) is 6.26. The van der Waals surface area contributed by atoms with Crippen LogP contribution in [0, 0.1) is 15.9 Å². The first-order valence-corrected chi connectivity index (χ1v) is 7.65. The number of halogens is 1. The Morgan fingerprint density at radius 1 is 1.57 bits per heavy atom. The molecule has 1 atom stereocenters. The number of carboxylic acids is 1. The molecular weight excluding hydrogens is 299 g/mol. The second-order valence-electron chi connectivity index (χ2n) is 4.51. The van der Waals surface area contributed by atoms with Gasteiger partial charge in [0, 0.05) is 18.8 Å². The minimum atomic E-state index is -1.45. The highest BCUT2D eigenvalue weighted by Crippen LogP contribution is 2.30. The summed E-state index contributed by atoms with van der Waals surface area (Å²) in [5.74, 6) is -1.51. The minimum Gasteiger partial charge on any atom is -0.477 e. The molecule has 0 saturated carbocycles. The zero-order valence-electron chi connectivity index (χ0n) is 12.0. The molecule has 1 N–H and O–H groups in total. The topological polar surface area (TPSA) is 83.7 Å². The zero-order valence-corrected chi connectivity index (χ0v) is 12.8. The molecule has 0 radical (unpaired) electrons. The summed E-state index contributed by atoms with van der Waals surface area (Å²) in [6, 6.07) is 1.71. The highest BCUT2D eigenvalue weighted by molar-refractivity contribution is 7.98. The molecule has 0 saturated heterocycles. The molecule has 0 fully saturated rings. The maximum atomic E-state index is 14.1. The summed E-state index contributed by atoms with van der Waals surface area (Å²) < 4.78 is 14.1. The molecule has 1 unspecified atom stereocenters. The van der Waals surface area contributed by atoms with Gasteiger partial charge in [0.15, 0.2) is 5.82 Å². The van der Waals surface area contributed by atoms with Crippen LogP contribution in [0.1, 0.15) is 23.7 Å². The van der Waals surface area contributed by atoms with Crippen LogP contribution in [0.25, 0.3) is 0 Å². The minimum absolute atomic E-state index is 0.0117. The predicted octanol–water partition coefficient (Wildman–Crippen LogP) is 3.01. The lowest BCUT2D eigenvalue weighted by Crippen LogP contribution is -2.34. The van der Waals surface area contributed by atoms with Crippen LogP contribution in [-0.2, 0) is 0 Å². The average molecular weight is 316 g/mol. The molecule has 0 spiro atoms. The van der Waals surface area contributed by atoms with Crippen molar-refractivity contribution in [2.45, 2.75) is 19.4 Å². The number of hydrogen-bond acceptors (Lipinski definition) is 5. The maximum Gasteiger partial charge on any atom is 0.342 e. The number of thioether (sulfide) groups is 1. The number of carboxylic acid groups (broad SMARTS) is 1. The van der Waals surface area contributed by atoms with Crippen LogP contribution >= 0.6 is 11.8 Å². The summed E-state index contributed by atoms with van der Waals surface area (Å²) >= 11 is 1.59. The van der Waals surface area contributed by atoms with Crippen molar-refractivity contribution < 1.29 is 19.2 Å². The van der Waals surface area contributed by atoms with Crippen molar-refractivity contribution in [3.8, 4) is 0 Å². The van der Waals surface area contributed by atoms with Crippen LogP contribution < -0.4 is 4.90 Å². The lowest BCUT2D eigenvalue weighted by atomic mass is 10.1. The molecule has 1 rings (SSSR count). The van der Waals surface area contributed by atoms with Gasteiger partial charge >= 0.3 is 5.97 Å². The Morgan fingerprint density at radius 3 is 2.62 bits per heavy atom. The number of rotatable bonds is 7. The van der Waals surface area contributed by atoms with Crippen LogP contribution in [0.2, 0.25) is 0 Å². The van der Waals surface area contributed by atoms with E-state index >= 15 is 0 Å². The molecule has 0 heterocycles. The Kier molecular flexibility index (Phi) is 5.95. The van der Waals surface area contributed by atoms with E-state index in [1.165, 1.54) is 0 Å². The molecular formula is C13H17FN2O4S. The highest BCUT2D eigenvalue weighted by Gasteiger charge is 2.26.